The van der Waals surface area contributed by atoms with Crippen LogP contribution >= 0.6 is 0 Å². The Kier molecular flexibility index (Phi) is 5.32. The highest BCUT2D eigenvalue weighted by atomic mass is 32.2. The minimum atomic E-state index is -3.69. The predicted molar refractivity (Wildman–Crippen MR) is 107 cm³/mol. The molecule has 0 aliphatic carbocycles. The van der Waals surface area contributed by atoms with Crippen LogP contribution in [0.3, 0.4) is 0 Å². The Morgan fingerprint density at radius 2 is 1.56 bits per heavy atom. The molecular weight excluding hydrogens is 362 g/mol. The maximum Gasteiger partial charge on any atom is 0.261 e. The molecule has 0 amide bonds. The predicted octanol–water partition coefficient (Wildman–Crippen LogP) is 4.25. The highest BCUT2D eigenvalue weighted by Crippen LogP contribution is 2.21. The number of methoxy groups -OCH3 is 1. The van der Waals surface area contributed by atoms with Crippen molar-refractivity contribution in [2.45, 2.75) is 18.7 Å². The zero-order valence-corrected chi connectivity index (χ0v) is 16.2. The van der Waals surface area contributed by atoms with E-state index in [9.17, 15) is 8.42 Å². The van der Waals surface area contributed by atoms with E-state index in [1.54, 1.807) is 24.3 Å². The lowest BCUT2D eigenvalue weighted by molar-refractivity contribution is 0.414. The topological polar surface area (TPSA) is 80.3 Å². The maximum absolute atomic E-state index is 12.5. The van der Waals surface area contributed by atoms with Gasteiger partial charge in [0.1, 0.15) is 11.6 Å². The first-order valence-corrected chi connectivity index (χ1v) is 9.82. The average molecular weight is 383 g/mol. The lowest BCUT2D eigenvalue weighted by Gasteiger charge is -2.10. The zero-order valence-electron chi connectivity index (χ0n) is 15.4. The zero-order chi connectivity index (χ0) is 19.4. The number of ether oxygens (including phenoxy) is 1. The van der Waals surface area contributed by atoms with Crippen molar-refractivity contribution in [2.24, 2.45) is 0 Å². The number of hydrogen-bond donors (Lipinski definition) is 2. The van der Waals surface area contributed by atoms with Gasteiger partial charge in [-0.1, -0.05) is 6.07 Å². The van der Waals surface area contributed by atoms with Gasteiger partial charge in [0.25, 0.3) is 10.0 Å². The third-order valence-corrected chi connectivity index (χ3v) is 5.28. The normalized spacial score (nSPS) is 11.1. The Bertz CT molecular complexity index is 1010. The summed E-state index contributed by atoms with van der Waals surface area (Å²) in [5.41, 5.74) is 3.63. The molecule has 1 aromatic heterocycles. The van der Waals surface area contributed by atoms with Crippen LogP contribution in [0.2, 0.25) is 0 Å². The largest absolute Gasteiger partial charge is 0.497 e. The van der Waals surface area contributed by atoms with Crippen molar-refractivity contribution in [3.8, 4) is 5.75 Å². The van der Waals surface area contributed by atoms with E-state index in [-0.39, 0.29) is 4.90 Å². The minimum absolute atomic E-state index is 0.153. The van der Waals surface area contributed by atoms with Gasteiger partial charge in [0.15, 0.2) is 0 Å². The molecule has 140 valence electrons. The van der Waals surface area contributed by atoms with Crippen LogP contribution in [0.1, 0.15) is 11.1 Å². The monoisotopic (exact) mass is 383 g/mol. The van der Waals surface area contributed by atoms with Crippen LogP contribution in [-0.4, -0.2) is 20.5 Å². The summed E-state index contributed by atoms with van der Waals surface area (Å²) in [7, 11) is -2.16. The van der Waals surface area contributed by atoms with Crippen molar-refractivity contribution >= 4 is 27.2 Å². The molecule has 6 nitrogen and oxygen atoms in total. The second-order valence-electron chi connectivity index (χ2n) is 6.21. The van der Waals surface area contributed by atoms with Gasteiger partial charge in [0, 0.05) is 5.69 Å². The molecule has 3 rings (SSSR count). The minimum Gasteiger partial charge on any atom is -0.497 e. The smallest absolute Gasteiger partial charge is 0.261 e. The number of benzene rings is 2. The van der Waals surface area contributed by atoms with Crippen LogP contribution in [0.4, 0.5) is 17.2 Å². The van der Waals surface area contributed by atoms with Crippen molar-refractivity contribution in [1.29, 1.82) is 0 Å². The fourth-order valence-electron chi connectivity index (χ4n) is 2.69. The number of rotatable bonds is 6. The summed E-state index contributed by atoms with van der Waals surface area (Å²) in [6.07, 6.45) is 1.48. The number of sulfonamides is 1. The van der Waals surface area contributed by atoms with Gasteiger partial charge >= 0.3 is 0 Å². The molecule has 2 aromatic carbocycles. The molecule has 0 aliphatic rings. The Balaban J connectivity index is 1.72. The van der Waals surface area contributed by atoms with Gasteiger partial charge in [-0.2, -0.15) is 0 Å². The number of pyridine rings is 1. The number of nitrogens with zero attached hydrogens (tertiary/aromatic N) is 1. The van der Waals surface area contributed by atoms with Gasteiger partial charge < -0.3 is 10.1 Å². The van der Waals surface area contributed by atoms with E-state index in [4.69, 9.17) is 4.74 Å². The molecule has 0 saturated heterocycles. The van der Waals surface area contributed by atoms with Crippen molar-refractivity contribution in [2.75, 3.05) is 17.1 Å². The van der Waals surface area contributed by atoms with E-state index in [0.717, 1.165) is 16.8 Å². The standard InChI is InChI=1S/C20H21N3O3S/c1-14-10-15(2)12-17(11-14)22-20-9-4-16(13-21-20)23-27(24,25)19-7-5-18(26-3)6-8-19/h4-13,23H,1-3H3,(H,21,22). The van der Waals surface area contributed by atoms with Crippen LogP contribution in [0.25, 0.3) is 0 Å². The first-order chi connectivity index (χ1) is 12.9. The highest BCUT2D eigenvalue weighted by Gasteiger charge is 2.14. The van der Waals surface area contributed by atoms with Crippen LogP contribution in [-0.2, 0) is 10.0 Å². The lowest BCUT2D eigenvalue weighted by Crippen LogP contribution is -2.13. The molecule has 0 saturated carbocycles. The molecule has 0 unspecified atom stereocenters. The van der Waals surface area contributed by atoms with Crippen LogP contribution in [0.5, 0.6) is 5.75 Å². The summed E-state index contributed by atoms with van der Waals surface area (Å²) in [5.74, 6) is 1.23. The second kappa shape index (κ2) is 7.67. The Labute approximate surface area is 159 Å². The van der Waals surface area contributed by atoms with Crippen molar-refractivity contribution in [1.82, 2.24) is 4.98 Å². The lowest BCUT2D eigenvalue weighted by atomic mass is 10.1. The number of hydrogen-bond acceptors (Lipinski definition) is 5. The summed E-state index contributed by atoms with van der Waals surface area (Å²) in [4.78, 5) is 4.43. The third-order valence-electron chi connectivity index (χ3n) is 3.88. The van der Waals surface area contributed by atoms with E-state index in [1.165, 1.54) is 25.4 Å². The highest BCUT2D eigenvalue weighted by molar-refractivity contribution is 7.92. The molecule has 3 aromatic rings. The van der Waals surface area contributed by atoms with Gasteiger partial charge in [-0.05, 0) is 73.5 Å². The van der Waals surface area contributed by atoms with Crippen LogP contribution in [0, 0.1) is 13.8 Å². The van der Waals surface area contributed by atoms with E-state index in [1.807, 2.05) is 26.0 Å². The average Bonchev–Trinajstić information content (AvgIpc) is 2.62. The first-order valence-electron chi connectivity index (χ1n) is 8.34. The number of nitrogens with one attached hydrogen (secondary N) is 2. The van der Waals surface area contributed by atoms with Crippen molar-refractivity contribution < 1.29 is 13.2 Å². The Morgan fingerprint density at radius 1 is 0.889 bits per heavy atom. The molecule has 1 heterocycles. The van der Waals surface area contributed by atoms with Crippen molar-refractivity contribution in [3.63, 3.8) is 0 Å². The molecule has 2 N–H and O–H groups in total. The summed E-state index contributed by atoms with van der Waals surface area (Å²) in [6.45, 7) is 4.06. The third kappa shape index (κ3) is 4.77. The summed E-state index contributed by atoms with van der Waals surface area (Å²) >= 11 is 0. The molecule has 0 fully saturated rings. The Hall–Kier alpha value is -3.06. The fourth-order valence-corrected chi connectivity index (χ4v) is 3.74. The van der Waals surface area contributed by atoms with Gasteiger partial charge in [0.05, 0.1) is 23.9 Å². The van der Waals surface area contributed by atoms with E-state index in [2.05, 4.69) is 21.1 Å². The first kappa shape index (κ1) is 18.7. The molecule has 0 aliphatic heterocycles. The number of aryl methyl sites for hydroxylation is 2. The molecule has 0 atom stereocenters. The van der Waals surface area contributed by atoms with Gasteiger partial charge in [-0.3, -0.25) is 4.72 Å². The Morgan fingerprint density at radius 3 is 2.11 bits per heavy atom. The molecule has 27 heavy (non-hydrogen) atoms. The summed E-state index contributed by atoms with van der Waals surface area (Å²) < 4.78 is 32.5. The maximum atomic E-state index is 12.5. The van der Waals surface area contributed by atoms with E-state index >= 15 is 0 Å². The summed E-state index contributed by atoms with van der Waals surface area (Å²) in [5, 5.41) is 3.22. The van der Waals surface area contributed by atoms with E-state index < -0.39 is 10.0 Å². The van der Waals surface area contributed by atoms with E-state index in [0.29, 0.717) is 17.3 Å². The molecule has 0 bridgehead atoms. The fraction of sp³-hybridized carbons (Fsp3) is 0.150. The van der Waals surface area contributed by atoms with Crippen LogP contribution in [0.15, 0.2) is 65.7 Å². The molecule has 7 heteroatoms. The molecule has 0 radical (unpaired) electrons. The van der Waals surface area contributed by atoms with Gasteiger partial charge in [-0.25, -0.2) is 13.4 Å². The van der Waals surface area contributed by atoms with Crippen molar-refractivity contribution in [3.05, 3.63) is 71.9 Å². The van der Waals surface area contributed by atoms with Gasteiger partial charge in [0.2, 0.25) is 0 Å². The van der Waals surface area contributed by atoms with Gasteiger partial charge in [-0.15, -0.1) is 0 Å². The SMILES string of the molecule is COc1ccc(S(=O)(=O)Nc2ccc(Nc3cc(C)cc(C)c3)nc2)cc1. The number of aromatic nitrogens is 1. The quantitative estimate of drug-likeness (QED) is 0.665. The molecule has 0 spiro atoms. The number of anilines is 3. The second-order valence-corrected chi connectivity index (χ2v) is 7.90. The summed E-state index contributed by atoms with van der Waals surface area (Å²) in [6, 6.07) is 15.7. The molecular formula is C20H21N3O3S. The van der Waals surface area contributed by atoms with Crippen LogP contribution < -0.4 is 14.8 Å².